The number of nitrogens with one attached hydrogen (secondary N) is 2. The van der Waals surface area contributed by atoms with Gasteiger partial charge in [-0.2, -0.15) is 0 Å². The maximum Gasteiger partial charge on any atom is 0.474 e. The highest BCUT2D eigenvalue weighted by atomic mass is 31.2. The number of aliphatic hydroxyl groups is 2. The molecule has 0 aliphatic carbocycles. The normalized spacial score (nSPS) is 15.1. The van der Waals surface area contributed by atoms with Gasteiger partial charge in [-0.1, -0.05) is 90.0 Å². The van der Waals surface area contributed by atoms with Crippen molar-refractivity contribution in [3.05, 3.63) is 0 Å². The van der Waals surface area contributed by atoms with Crippen LogP contribution in [0.4, 0.5) is 0 Å². The fourth-order valence-electron chi connectivity index (χ4n) is 8.27. The smallest absolute Gasteiger partial charge is 0.396 e. The number of phosphoric ester groups is 4. The molecule has 0 heterocycles. The van der Waals surface area contributed by atoms with Crippen LogP contribution in [-0.2, 0) is 116 Å². The molecule has 0 saturated heterocycles. The maximum absolute atomic E-state index is 12.0. The summed E-state index contributed by atoms with van der Waals surface area (Å²) in [5.74, 6) is 0.990. The number of carbonyl (C=O) groups excluding carboxylic acids is 6. The topological polar surface area (TPSA) is 455 Å². The van der Waals surface area contributed by atoms with E-state index >= 15 is 0 Å². The third-order valence-corrected chi connectivity index (χ3v) is 19.6. The second-order valence-corrected chi connectivity index (χ2v) is 36.7. The van der Waals surface area contributed by atoms with E-state index in [1.807, 2.05) is 62.3 Å². The largest absolute Gasteiger partial charge is 0.474 e. The summed E-state index contributed by atoms with van der Waals surface area (Å²) in [6, 6.07) is 0. The second kappa shape index (κ2) is 68.5. The summed E-state index contributed by atoms with van der Waals surface area (Å²) in [6.07, 6.45) is 9.24. The minimum absolute atomic E-state index is 0.0354. The van der Waals surface area contributed by atoms with E-state index in [4.69, 9.17) is 51.8 Å². The molecule has 0 spiro atoms. The SMILES string of the molecule is CC(C)CCCOC(C)(OCCCC(=O)CCCC(=O)C(C)C)C(C)(C)C.CC(C)CCNC(=O)CCCCC(=O)C(C)C.CC(C)OCOCC(CO)COCOP(=O)(O)OC(C)C.CC(C)OP(=O)(O)OCCNC(=O)CCCCC(=O)C(C)C.CC(C)OP(=O)(O)OCOCC(CO)COCOP(=O)(O)OC(C)C. The van der Waals surface area contributed by atoms with Crippen LogP contribution in [-0.4, -0.2) is 201 Å². The molecule has 6 atom stereocenters. The number of rotatable bonds is 64. The molecular formula is C75H154N2O31P4. The summed E-state index contributed by atoms with van der Waals surface area (Å²) >= 11 is 0. The van der Waals surface area contributed by atoms with Gasteiger partial charge >= 0.3 is 31.3 Å². The van der Waals surface area contributed by atoms with Crippen molar-refractivity contribution in [3.8, 4) is 0 Å². The Morgan fingerprint density at radius 3 is 0.991 bits per heavy atom. The zero-order valence-electron chi connectivity index (χ0n) is 72.5. The van der Waals surface area contributed by atoms with E-state index in [9.17, 15) is 71.7 Å². The van der Waals surface area contributed by atoms with Gasteiger partial charge in [0.15, 0.2) is 26.2 Å². The molecule has 0 fully saturated rings. The second-order valence-electron chi connectivity index (χ2n) is 31.1. The first-order valence-corrected chi connectivity index (χ1v) is 45.4. The fourth-order valence-corrected chi connectivity index (χ4v) is 11.6. The number of hydrogen-bond acceptors (Lipinski definition) is 27. The first kappa shape index (κ1) is 118. The zero-order chi connectivity index (χ0) is 87.3. The Bertz CT molecular complexity index is 2570. The van der Waals surface area contributed by atoms with Crippen LogP contribution in [0, 0.1) is 46.8 Å². The number of hydrogen-bond donors (Lipinski definition) is 8. The molecule has 112 heavy (non-hydrogen) atoms. The molecule has 8 N–H and O–H groups in total. The van der Waals surface area contributed by atoms with Gasteiger partial charge in [0, 0.05) is 93.0 Å². The minimum atomic E-state index is -4.19. The molecule has 2 amide bonds. The van der Waals surface area contributed by atoms with Crippen LogP contribution in [0.25, 0.3) is 0 Å². The molecule has 37 heteroatoms. The number of ketones is 4. The number of aliphatic hydroxyl groups excluding tert-OH is 2. The van der Waals surface area contributed by atoms with E-state index in [1.165, 1.54) is 0 Å². The summed E-state index contributed by atoms with van der Waals surface area (Å²) in [4.78, 5) is 106. The van der Waals surface area contributed by atoms with Gasteiger partial charge in [-0.25, -0.2) is 18.3 Å². The van der Waals surface area contributed by atoms with Crippen LogP contribution in [0.5, 0.6) is 0 Å². The van der Waals surface area contributed by atoms with E-state index in [-0.39, 0.29) is 124 Å². The molecule has 33 nitrogen and oxygen atoms in total. The molecule has 0 rings (SSSR count). The van der Waals surface area contributed by atoms with Crippen LogP contribution in [0.3, 0.4) is 0 Å². The lowest BCUT2D eigenvalue weighted by Gasteiger charge is -2.41. The third kappa shape index (κ3) is 80.1. The number of Topliss-reactive ketones (excluding diaryl/α,β-unsaturated/α-hetero) is 4. The highest BCUT2D eigenvalue weighted by molar-refractivity contribution is 7.48. The molecule has 0 aromatic heterocycles. The van der Waals surface area contributed by atoms with Crippen LogP contribution in [0.1, 0.15) is 269 Å². The Balaban J connectivity index is -0.000000429. The van der Waals surface area contributed by atoms with Gasteiger partial charge in [-0.05, 0) is 146 Å². The van der Waals surface area contributed by atoms with Crippen LogP contribution >= 0.6 is 31.3 Å². The number of carbonyl (C=O) groups is 6. The standard InChI is InChI=1S/C23H44O4.C14H28NO6P.C14H27NO2.C12H28O11P2.C12H27O8P/c1-18(2)12-10-16-26-23(8,22(5,6)7)27-17-11-14-20(24)13-9-15-21(25)19(3)4;1-11(2)13(16)7-5-6-8-14(17)15-9-10-20-22(18,19)21-12(3)4;1-11(2)9-10-15-14(17)8-6-5-7-13(16)12(3)4;1-10(2)22-24(14,15)20-8-18-6-12(5-13)7-19-9-21-25(16,17)23-11(3)4;1-10(2)18-8-16-6-12(5-13)7-17-9-19-21(14,15)20-11(3)4/h18-19H,9-17H2,1-8H3;11-12H,5-10H2,1-4H3,(H,15,17)(H,18,19);11-12H,5-10H2,1-4H3,(H,15,17);10-13H,5-9H2,1-4H3,(H,14,15)(H,16,17);10-13H,5-9H2,1-4H3,(H,14,15). The van der Waals surface area contributed by atoms with Crippen LogP contribution < -0.4 is 10.6 Å². The molecule has 0 aliphatic rings. The van der Waals surface area contributed by atoms with Crippen molar-refractivity contribution in [2.45, 2.75) is 305 Å². The van der Waals surface area contributed by atoms with Crippen molar-refractivity contribution in [2.75, 3.05) is 99.7 Å². The van der Waals surface area contributed by atoms with Gasteiger partial charge in [0.25, 0.3) is 0 Å². The molecule has 0 bridgehead atoms. The number of unbranched alkanes of at least 4 members (excludes halogenated alkanes) is 2. The van der Waals surface area contributed by atoms with Crippen molar-refractivity contribution >= 4 is 66.2 Å². The lowest BCUT2D eigenvalue weighted by molar-refractivity contribution is -0.278. The minimum Gasteiger partial charge on any atom is -0.396 e. The average Bonchev–Trinajstić information content (AvgIpc) is 0.823. The average molecular weight is 1700 g/mol. The van der Waals surface area contributed by atoms with E-state index in [1.54, 1.807) is 55.4 Å². The number of amides is 2. The summed E-state index contributed by atoms with van der Waals surface area (Å²) < 4.78 is 120. The van der Waals surface area contributed by atoms with E-state index in [0.717, 1.165) is 38.6 Å². The Labute approximate surface area is 672 Å². The van der Waals surface area contributed by atoms with Gasteiger partial charge in [0.2, 0.25) is 11.8 Å². The quantitative estimate of drug-likeness (QED) is 0.0159. The molecule has 0 aliphatic heterocycles. The van der Waals surface area contributed by atoms with Gasteiger partial charge in [0.05, 0.1) is 90.0 Å². The van der Waals surface area contributed by atoms with Crippen molar-refractivity contribution in [1.29, 1.82) is 0 Å². The summed E-state index contributed by atoms with van der Waals surface area (Å²) in [6.45, 7) is 45.5. The maximum atomic E-state index is 12.0. The highest BCUT2D eigenvalue weighted by Gasteiger charge is 2.40. The van der Waals surface area contributed by atoms with Crippen LogP contribution in [0.2, 0.25) is 0 Å². The Morgan fingerprint density at radius 2 is 0.670 bits per heavy atom. The summed E-state index contributed by atoms with van der Waals surface area (Å²) in [5, 5.41) is 23.8. The fraction of sp³-hybridized carbons (Fsp3) is 0.920. The molecule has 0 aromatic carbocycles. The molecule has 670 valence electrons. The monoisotopic (exact) mass is 1700 g/mol. The number of phosphoric acid groups is 4. The lowest BCUT2D eigenvalue weighted by Crippen LogP contribution is -2.45. The predicted octanol–water partition coefficient (Wildman–Crippen LogP) is 14.5. The van der Waals surface area contributed by atoms with E-state index in [0.29, 0.717) is 101 Å². The Hall–Kier alpha value is -2.30. The summed E-state index contributed by atoms with van der Waals surface area (Å²) in [5.41, 5.74) is -0.147. The molecule has 0 radical (unpaired) electrons. The van der Waals surface area contributed by atoms with Crippen molar-refractivity contribution in [1.82, 2.24) is 10.6 Å². The van der Waals surface area contributed by atoms with Crippen molar-refractivity contribution < 1.29 is 146 Å². The van der Waals surface area contributed by atoms with Crippen LogP contribution in [0.15, 0.2) is 0 Å². The summed E-state index contributed by atoms with van der Waals surface area (Å²) in [7, 11) is -16.5. The molecular weight excluding hydrogens is 1550 g/mol. The molecule has 6 unspecified atom stereocenters. The first-order valence-electron chi connectivity index (χ1n) is 39.4. The van der Waals surface area contributed by atoms with E-state index < -0.39 is 87.8 Å². The van der Waals surface area contributed by atoms with Gasteiger partial charge in [-0.3, -0.25) is 65.0 Å². The Morgan fingerprint density at radius 1 is 0.357 bits per heavy atom. The van der Waals surface area contributed by atoms with E-state index in [2.05, 4.69) is 81.7 Å². The molecule has 0 aromatic rings. The highest BCUT2D eigenvalue weighted by Crippen LogP contribution is 2.47. The zero-order valence-corrected chi connectivity index (χ0v) is 76.1. The van der Waals surface area contributed by atoms with Gasteiger partial charge in [-0.15, -0.1) is 0 Å². The predicted molar refractivity (Wildman–Crippen MR) is 428 cm³/mol. The lowest BCUT2D eigenvalue weighted by atomic mass is 9.86. The number of ether oxygens (including phenoxy) is 7. The molecule has 0 saturated carbocycles. The Kier molecular flexibility index (Phi) is 72.3. The third-order valence-electron chi connectivity index (χ3n) is 15.0. The van der Waals surface area contributed by atoms with Gasteiger partial charge in [0.1, 0.15) is 29.9 Å². The first-order chi connectivity index (χ1) is 51.7. The van der Waals surface area contributed by atoms with Crippen molar-refractivity contribution in [2.24, 2.45) is 46.8 Å². The van der Waals surface area contributed by atoms with Crippen molar-refractivity contribution in [3.63, 3.8) is 0 Å². The van der Waals surface area contributed by atoms with Gasteiger partial charge < -0.3 is 73.6 Å².